The number of hydrogen-bond acceptors (Lipinski definition) is 5. The minimum Gasteiger partial charge on any atom is -0.381 e. The number of anilines is 1. The largest absolute Gasteiger partial charge is 0.381 e. The molecule has 9 nitrogen and oxygen atoms in total. The van der Waals surface area contributed by atoms with Gasteiger partial charge in [-0.05, 0) is 42.2 Å². The van der Waals surface area contributed by atoms with Gasteiger partial charge in [-0.15, -0.1) is 0 Å². The second-order valence-electron chi connectivity index (χ2n) is 8.68. The Morgan fingerprint density at radius 1 is 1.21 bits per heavy atom. The minimum atomic E-state index is -1.25. The summed E-state index contributed by atoms with van der Waals surface area (Å²) >= 11 is 0. The lowest BCUT2D eigenvalue weighted by molar-refractivity contribution is -0.133. The molecule has 0 spiro atoms. The molecular formula is C24H25N5O4. The molecule has 0 radical (unpaired) electrons. The molecule has 5 rings (SSSR count). The normalized spacial score (nSPS) is 23.1. The summed E-state index contributed by atoms with van der Waals surface area (Å²) in [6.07, 6.45) is 1.97. The molecule has 2 unspecified atom stereocenters. The van der Waals surface area contributed by atoms with Gasteiger partial charge in [0, 0.05) is 24.3 Å². The zero-order valence-corrected chi connectivity index (χ0v) is 18.3. The van der Waals surface area contributed by atoms with Crippen molar-refractivity contribution < 1.29 is 19.1 Å². The molecular weight excluding hydrogens is 422 g/mol. The van der Waals surface area contributed by atoms with Crippen molar-refractivity contribution in [1.29, 1.82) is 0 Å². The summed E-state index contributed by atoms with van der Waals surface area (Å²) in [5.41, 5.74) is 0.306. The first kappa shape index (κ1) is 21.1. The summed E-state index contributed by atoms with van der Waals surface area (Å²) in [5, 5.41) is 14.5. The molecule has 4 amide bonds. The molecule has 3 N–H and O–H groups in total. The SMILES string of the molecule is CC1(c2ccc3ccccc3c2)NC(=O)N(CC(=O)Nc2cc(C3CCCOC3)[nH]n2)C1=O. The summed E-state index contributed by atoms with van der Waals surface area (Å²) in [5.74, 6) is -0.408. The third-order valence-electron chi connectivity index (χ3n) is 6.37. The molecule has 170 valence electrons. The zero-order valence-electron chi connectivity index (χ0n) is 18.3. The number of carbonyl (C=O) groups is 3. The van der Waals surface area contributed by atoms with Gasteiger partial charge < -0.3 is 15.4 Å². The number of amides is 4. The van der Waals surface area contributed by atoms with Gasteiger partial charge >= 0.3 is 6.03 Å². The van der Waals surface area contributed by atoms with Crippen molar-refractivity contribution in [2.45, 2.75) is 31.2 Å². The van der Waals surface area contributed by atoms with E-state index in [-0.39, 0.29) is 5.92 Å². The average Bonchev–Trinajstić information content (AvgIpc) is 3.38. The van der Waals surface area contributed by atoms with Crippen LogP contribution in [0.15, 0.2) is 48.5 Å². The number of benzene rings is 2. The number of fused-ring (bicyclic) bond motifs is 1. The highest BCUT2D eigenvalue weighted by molar-refractivity contribution is 6.10. The number of urea groups is 1. The van der Waals surface area contributed by atoms with Crippen LogP contribution < -0.4 is 10.6 Å². The van der Waals surface area contributed by atoms with Gasteiger partial charge in [-0.3, -0.25) is 19.6 Å². The van der Waals surface area contributed by atoms with E-state index in [2.05, 4.69) is 20.8 Å². The van der Waals surface area contributed by atoms with Crippen LogP contribution in [-0.2, 0) is 19.9 Å². The van der Waals surface area contributed by atoms with Crippen molar-refractivity contribution in [3.63, 3.8) is 0 Å². The van der Waals surface area contributed by atoms with Crippen molar-refractivity contribution in [3.05, 3.63) is 59.8 Å². The molecule has 2 saturated heterocycles. The van der Waals surface area contributed by atoms with Crippen LogP contribution in [0.2, 0.25) is 0 Å². The van der Waals surface area contributed by atoms with Crippen molar-refractivity contribution in [1.82, 2.24) is 20.4 Å². The van der Waals surface area contributed by atoms with Crippen LogP contribution in [0, 0.1) is 0 Å². The first-order valence-electron chi connectivity index (χ1n) is 11.0. The van der Waals surface area contributed by atoms with Crippen LogP contribution in [0.4, 0.5) is 10.6 Å². The Kier molecular flexibility index (Phi) is 5.33. The van der Waals surface area contributed by atoms with E-state index in [4.69, 9.17) is 4.74 Å². The predicted molar refractivity (Wildman–Crippen MR) is 122 cm³/mol. The Balaban J connectivity index is 1.28. The van der Waals surface area contributed by atoms with Crippen LogP contribution in [0.1, 0.15) is 36.9 Å². The lowest BCUT2D eigenvalue weighted by Crippen LogP contribution is -2.42. The highest BCUT2D eigenvalue weighted by Crippen LogP contribution is 2.31. The van der Waals surface area contributed by atoms with Crippen LogP contribution >= 0.6 is 0 Å². The number of aromatic nitrogens is 2. The van der Waals surface area contributed by atoms with E-state index in [0.29, 0.717) is 18.0 Å². The van der Waals surface area contributed by atoms with E-state index in [1.807, 2.05) is 42.5 Å². The highest BCUT2D eigenvalue weighted by atomic mass is 16.5. The van der Waals surface area contributed by atoms with Crippen LogP contribution in [0.25, 0.3) is 10.8 Å². The van der Waals surface area contributed by atoms with Crippen molar-refractivity contribution in [2.75, 3.05) is 25.1 Å². The first-order chi connectivity index (χ1) is 15.9. The van der Waals surface area contributed by atoms with Gasteiger partial charge in [0.1, 0.15) is 12.1 Å². The Bertz CT molecular complexity index is 1230. The summed E-state index contributed by atoms with van der Waals surface area (Å²) < 4.78 is 5.50. The molecule has 3 heterocycles. The lowest BCUT2D eigenvalue weighted by atomic mass is 9.90. The molecule has 0 bridgehead atoms. The first-order valence-corrected chi connectivity index (χ1v) is 11.0. The number of carbonyl (C=O) groups excluding carboxylic acids is 3. The molecule has 2 aromatic carbocycles. The topological polar surface area (TPSA) is 116 Å². The number of H-pyrrole nitrogens is 1. The number of hydrogen-bond donors (Lipinski definition) is 3. The molecule has 2 atom stereocenters. The summed E-state index contributed by atoms with van der Waals surface area (Å²) in [6.45, 7) is 2.63. The van der Waals surface area contributed by atoms with E-state index in [0.717, 1.165) is 40.8 Å². The van der Waals surface area contributed by atoms with E-state index in [9.17, 15) is 14.4 Å². The minimum absolute atomic E-state index is 0.213. The lowest BCUT2D eigenvalue weighted by Gasteiger charge is -2.22. The second kappa shape index (κ2) is 8.32. The van der Waals surface area contributed by atoms with Crippen molar-refractivity contribution in [2.24, 2.45) is 0 Å². The van der Waals surface area contributed by atoms with Crippen LogP contribution in [0.3, 0.4) is 0 Å². The Morgan fingerprint density at radius 3 is 2.82 bits per heavy atom. The number of ether oxygens (including phenoxy) is 1. The highest BCUT2D eigenvalue weighted by Gasteiger charge is 2.49. The van der Waals surface area contributed by atoms with Crippen molar-refractivity contribution >= 4 is 34.4 Å². The average molecular weight is 447 g/mol. The molecule has 9 heteroatoms. The van der Waals surface area contributed by atoms with E-state index in [1.54, 1.807) is 13.0 Å². The number of imide groups is 1. The number of aromatic amines is 1. The monoisotopic (exact) mass is 447 g/mol. The van der Waals surface area contributed by atoms with Gasteiger partial charge in [0.25, 0.3) is 5.91 Å². The fourth-order valence-corrected chi connectivity index (χ4v) is 4.46. The smallest absolute Gasteiger partial charge is 0.325 e. The summed E-state index contributed by atoms with van der Waals surface area (Å²) in [6, 6.07) is 14.6. The maximum Gasteiger partial charge on any atom is 0.325 e. The summed E-state index contributed by atoms with van der Waals surface area (Å²) in [4.78, 5) is 39.4. The molecule has 33 heavy (non-hydrogen) atoms. The fraction of sp³-hybridized carbons (Fsp3) is 0.333. The van der Waals surface area contributed by atoms with E-state index < -0.39 is 29.9 Å². The Morgan fingerprint density at radius 2 is 2.03 bits per heavy atom. The molecule has 3 aromatic rings. The predicted octanol–water partition coefficient (Wildman–Crippen LogP) is 2.86. The van der Waals surface area contributed by atoms with Crippen LogP contribution in [-0.4, -0.2) is 52.7 Å². The molecule has 0 saturated carbocycles. The molecule has 2 aliphatic heterocycles. The molecule has 2 fully saturated rings. The van der Waals surface area contributed by atoms with Gasteiger partial charge in [0.2, 0.25) is 5.91 Å². The standard InChI is InChI=1S/C24H25N5O4/c1-24(18-9-8-15-5-2-3-6-16(15)11-18)22(31)29(23(32)26-24)13-21(30)25-20-12-19(27-28-20)17-7-4-10-33-14-17/h2-3,5-6,8-9,11-12,17H,4,7,10,13-14H2,1H3,(H,26,32)(H2,25,27,28,30). The Hall–Kier alpha value is -3.72. The molecule has 0 aliphatic carbocycles. The third-order valence-corrected chi connectivity index (χ3v) is 6.37. The maximum atomic E-state index is 13.2. The summed E-state index contributed by atoms with van der Waals surface area (Å²) in [7, 11) is 0. The van der Waals surface area contributed by atoms with Gasteiger partial charge in [0.05, 0.1) is 6.61 Å². The fourth-order valence-electron chi connectivity index (χ4n) is 4.46. The quantitative estimate of drug-likeness (QED) is 0.520. The second-order valence-corrected chi connectivity index (χ2v) is 8.68. The Labute approximate surface area is 190 Å². The van der Waals surface area contributed by atoms with Gasteiger partial charge in [-0.1, -0.05) is 36.4 Å². The molecule has 1 aromatic heterocycles. The maximum absolute atomic E-state index is 13.2. The van der Waals surface area contributed by atoms with Gasteiger partial charge in [-0.2, -0.15) is 5.10 Å². The number of nitrogens with one attached hydrogen (secondary N) is 3. The van der Waals surface area contributed by atoms with Gasteiger partial charge in [0.15, 0.2) is 5.82 Å². The van der Waals surface area contributed by atoms with Gasteiger partial charge in [-0.25, -0.2) is 4.79 Å². The van der Waals surface area contributed by atoms with E-state index in [1.165, 1.54) is 0 Å². The molecule has 2 aliphatic rings. The van der Waals surface area contributed by atoms with Crippen LogP contribution in [0.5, 0.6) is 0 Å². The number of rotatable bonds is 5. The zero-order chi connectivity index (χ0) is 23.0. The van der Waals surface area contributed by atoms with Crippen molar-refractivity contribution in [3.8, 4) is 0 Å². The third kappa shape index (κ3) is 3.95. The number of nitrogens with zero attached hydrogens (tertiary/aromatic N) is 2. The van der Waals surface area contributed by atoms with E-state index >= 15 is 0 Å².